The van der Waals surface area contributed by atoms with Crippen molar-refractivity contribution in [2.45, 2.75) is 12.0 Å². The average molecular weight is 470 g/mol. The molecular weight excluding hydrogens is 453 g/mol. The van der Waals surface area contributed by atoms with Crippen molar-refractivity contribution >= 4 is 28.0 Å². The van der Waals surface area contributed by atoms with Crippen LogP contribution in [0.2, 0.25) is 0 Å². The van der Waals surface area contributed by atoms with Crippen LogP contribution in [-0.2, 0) is 9.53 Å². The number of fused-ring (bicyclic) bond motifs is 3. The van der Waals surface area contributed by atoms with Gasteiger partial charge in [0.1, 0.15) is 12.4 Å². The Labute approximate surface area is 180 Å². The van der Waals surface area contributed by atoms with Gasteiger partial charge in [0.2, 0.25) is 0 Å². The van der Waals surface area contributed by atoms with E-state index < -0.39 is 23.9 Å². The van der Waals surface area contributed by atoms with Gasteiger partial charge in [-0.15, -0.1) is 0 Å². The molecule has 1 aliphatic rings. The predicted octanol–water partition coefficient (Wildman–Crippen LogP) is 5.25. The summed E-state index contributed by atoms with van der Waals surface area (Å²) in [5.41, 5.74) is 4.10. The second-order valence-electron chi connectivity index (χ2n) is 6.91. The first-order chi connectivity index (χ1) is 14.5. The number of carboxylic acid groups (broad SMARTS) is 1. The van der Waals surface area contributed by atoms with Gasteiger partial charge in [0, 0.05) is 16.0 Å². The summed E-state index contributed by atoms with van der Waals surface area (Å²) in [5.74, 6) is -2.28. The van der Waals surface area contributed by atoms with Gasteiger partial charge in [-0.05, 0) is 34.4 Å². The molecule has 1 atom stereocenters. The summed E-state index contributed by atoms with van der Waals surface area (Å²) in [6, 6.07) is 18.2. The van der Waals surface area contributed by atoms with E-state index in [1.165, 1.54) is 12.1 Å². The largest absolute Gasteiger partial charge is 0.479 e. The first kappa shape index (κ1) is 20.1. The van der Waals surface area contributed by atoms with Gasteiger partial charge >= 0.3 is 12.1 Å². The molecule has 0 saturated carbocycles. The monoisotopic (exact) mass is 469 g/mol. The lowest BCUT2D eigenvalue weighted by molar-refractivity contribution is -0.139. The number of rotatable bonds is 5. The Hall–Kier alpha value is -3.19. The molecule has 0 saturated heterocycles. The molecule has 1 unspecified atom stereocenters. The van der Waals surface area contributed by atoms with Crippen molar-refractivity contribution in [3.8, 4) is 11.1 Å². The van der Waals surface area contributed by atoms with Gasteiger partial charge in [0.05, 0.1) is 0 Å². The smallest absolute Gasteiger partial charge is 0.408 e. The first-order valence-electron chi connectivity index (χ1n) is 9.25. The van der Waals surface area contributed by atoms with Gasteiger partial charge in [-0.1, -0.05) is 70.5 Å². The zero-order valence-electron chi connectivity index (χ0n) is 15.6. The summed E-state index contributed by atoms with van der Waals surface area (Å²) in [4.78, 5) is 24.0. The fourth-order valence-corrected chi connectivity index (χ4v) is 4.10. The Morgan fingerprint density at radius 1 is 1.03 bits per heavy atom. The summed E-state index contributed by atoms with van der Waals surface area (Å²) in [5, 5.41) is 11.7. The molecule has 1 aliphatic carbocycles. The summed E-state index contributed by atoms with van der Waals surface area (Å²) in [6.07, 6.45) is -0.924. The summed E-state index contributed by atoms with van der Waals surface area (Å²) < 4.78 is 20.0. The fourth-order valence-electron chi connectivity index (χ4n) is 3.77. The molecule has 1 amide bonds. The molecule has 0 radical (unpaired) electrons. The minimum atomic E-state index is -1.56. The number of hydrogen-bond acceptors (Lipinski definition) is 3. The van der Waals surface area contributed by atoms with Crippen molar-refractivity contribution in [2.24, 2.45) is 0 Å². The number of aliphatic carboxylic acids is 1. The van der Waals surface area contributed by atoms with Crippen LogP contribution in [0.1, 0.15) is 28.7 Å². The maximum Gasteiger partial charge on any atom is 0.408 e. The second-order valence-corrected chi connectivity index (χ2v) is 7.82. The minimum absolute atomic E-state index is 0.0367. The van der Waals surface area contributed by atoms with Crippen LogP contribution in [-0.4, -0.2) is 23.8 Å². The third-order valence-corrected chi connectivity index (χ3v) is 5.62. The van der Waals surface area contributed by atoms with Crippen LogP contribution in [0, 0.1) is 5.82 Å². The minimum Gasteiger partial charge on any atom is -0.479 e. The van der Waals surface area contributed by atoms with Gasteiger partial charge in [-0.2, -0.15) is 0 Å². The zero-order valence-corrected chi connectivity index (χ0v) is 17.2. The number of carbonyl (C=O) groups is 2. The van der Waals surface area contributed by atoms with E-state index >= 15 is 0 Å². The molecule has 4 rings (SSSR count). The summed E-state index contributed by atoms with van der Waals surface area (Å²) in [7, 11) is 0. The van der Waals surface area contributed by atoms with Crippen molar-refractivity contribution in [1.82, 2.24) is 5.32 Å². The molecule has 30 heavy (non-hydrogen) atoms. The third-order valence-electron chi connectivity index (χ3n) is 5.13. The maximum absolute atomic E-state index is 14.2. The van der Waals surface area contributed by atoms with Crippen LogP contribution in [0.4, 0.5) is 9.18 Å². The SMILES string of the molecule is O=C(NC(C(=O)O)c1ccc(Br)cc1F)OCC1c2ccccc2-c2ccccc21. The molecule has 3 aromatic carbocycles. The molecule has 7 heteroatoms. The first-order valence-corrected chi connectivity index (χ1v) is 10.0. The van der Waals surface area contributed by atoms with Crippen LogP contribution >= 0.6 is 15.9 Å². The van der Waals surface area contributed by atoms with Crippen molar-refractivity contribution in [3.05, 3.63) is 93.7 Å². The Morgan fingerprint density at radius 2 is 1.63 bits per heavy atom. The van der Waals surface area contributed by atoms with Crippen LogP contribution in [0.15, 0.2) is 71.2 Å². The lowest BCUT2D eigenvalue weighted by atomic mass is 9.98. The molecule has 0 spiro atoms. The number of ether oxygens (including phenoxy) is 1. The highest BCUT2D eigenvalue weighted by Crippen LogP contribution is 2.44. The van der Waals surface area contributed by atoms with Crippen molar-refractivity contribution in [2.75, 3.05) is 6.61 Å². The quantitative estimate of drug-likeness (QED) is 0.534. The fraction of sp³-hybridized carbons (Fsp3) is 0.130. The molecule has 0 fully saturated rings. The number of nitrogens with one attached hydrogen (secondary N) is 1. The van der Waals surface area contributed by atoms with Crippen LogP contribution < -0.4 is 5.32 Å². The van der Waals surface area contributed by atoms with Gasteiger partial charge < -0.3 is 15.2 Å². The number of amides is 1. The van der Waals surface area contributed by atoms with Crippen LogP contribution in [0.25, 0.3) is 11.1 Å². The molecule has 0 heterocycles. The molecule has 152 valence electrons. The Balaban J connectivity index is 1.50. The van der Waals surface area contributed by atoms with Crippen molar-refractivity contribution in [3.63, 3.8) is 0 Å². The predicted molar refractivity (Wildman–Crippen MR) is 113 cm³/mol. The number of halogens is 2. The number of carboxylic acids is 1. The maximum atomic E-state index is 14.2. The van der Waals surface area contributed by atoms with E-state index in [9.17, 15) is 19.1 Å². The Kier molecular flexibility index (Phi) is 5.55. The van der Waals surface area contributed by atoms with Crippen LogP contribution in [0.5, 0.6) is 0 Å². The zero-order chi connectivity index (χ0) is 21.3. The van der Waals surface area contributed by atoms with Gasteiger partial charge in [0.15, 0.2) is 6.04 Å². The number of carbonyl (C=O) groups excluding carboxylic acids is 1. The van der Waals surface area contributed by atoms with Gasteiger partial charge in [-0.25, -0.2) is 14.0 Å². The highest BCUT2D eigenvalue weighted by Gasteiger charge is 2.30. The van der Waals surface area contributed by atoms with E-state index in [2.05, 4.69) is 21.2 Å². The molecule has 5 nitrogen and oxygen atoms in total. The lowest BCUT2D eigenvalue weighted by Gasteiger charge is -2.18. The average Bonchev–Trinajstić information content (AvgIpc) is 3.05. The van der Waals surface area contributed by atoms with Gasteiger partial charge in [0.25, 0.3) is 0 Å². The molecule has 0 aromatic heterocycles. The van der Waals surface area contributed by atoms with E-state index in [0.29, 0.717) is 4.47 Å². The number of hydrogen-bond donors (Lipinski definition) is 2. The third kappa shape index (κ3) is 3.80. The topological polar surface area (TPSA) is 75.6 Å². The number of alkyl carbamates (subject to hydrolysis) is 1. The van der Waals surface area contributed by atoms with E-state index in [-0.39, 0.29) is 18.1 Å². The van der Waals surface area contributed by atoms with Gasteiger partial charge in [-0.3, -0.25) is 0 Å². The van der Waals surface area contributed by atoms with Crippen LogP contribution in [0.3, 0.4) is 0 Å². The standard InChI is InChI=1S/C23H17BrFNO4/c24-13-9-10-18(20(25)11-13)21(22(27)28)26-23(29)30-12-19-16-7-3-1-5-14(16)15-6-2-4-8-17(15)19/h1-11,19,21H,12H2,(H,26,29)(H,27,28). The van der Waals surface area contributed by atoms with E-state index in [0.717, 1.165) is 28.3 Å². The highest BCUT2D eigenvalue weighted by atomic mass is 79.9. The second kappa shape index (κ2) is 8.28. The lowest BCUT2D eigenvalue weighted by Crippen LogP contribution is -2.35. The normalized spacial score (nSPS) is 13.3. The Bertz CT molecular complexity index is 1090. The highest BCUT2D eigenvalue weighted by molar-refractivity contribution is 9.10. The van der Waals surface area contributed by atoms with Crippen molar-refractivity contribution < 1.29 is 23.8 Å². The van der Waals surface area contributed by atoms with E-state index in [1.54, 1.807) is 0 Å². The molecule has 0 aliphatic heterocycles. The van der Waals surface area contributed by atoms with E-state index in [4.69, 9.17) is 4.74 Å². The molecule has 0 bridgehead atoms. The molecular formula is C23H17BrFNO4. The summed E-state index contributed by atoms with van der Waals surface area (Å²) >= 11 is 3.12. The number of benzene rings is 3. The Morgan fingerprint density at radius 3 is 2.20 bits per heavy atom. The summed E-state index contributed by atoms with van der Waals surface area (Å²) in [6.45, 7) is 0.0367. The molecule has 3 aromatic rings. The molecule has 2 N–H and O–H groups in total. The van der Waals surface area contributed by atoms with Crippen molar-refractivity contribution in [1.29, 1.82) is 0 Å². The van der Waals surface area contributed by atoms with E-state index in [1.807, 2.05) is 48.5 Å².